The Kier molecular flexibility index (Phi) is 4.35. The smallest absolute Gasteiger partial charge is 0.185 e. The topological polar surface area (TPSA) is 76.8 Å². The minimum Gasteiger partial charge on any atom is -0.496 e. The number of halogens is 3. The molecule has 1 heterocycles. The molecule has 0 unspecified atom stereocenters. The van der Waals surface area contributed by atoms with Gasteiger partial charge in [-0.25, -0.2) is 4.98 Å². The SMILES string of the molecule is COc1cc(N)c(Cl)cc1-c1n[nH]c(-c2cc(Cl)ccc2Cl)n1. The van der Waals surface area contributed by atoms with Crippen LogP contribution in [-0.4, -0.2) is 22.3 Å². The summed E-state index contributed by atoms with van der Waals surface area (Å²) in [6.07, 6.45) is 0. The summed E-state index contributed by atoms with van der Waals surface area (Å²) < 4.78 is 5.31. The van der Waals surface area contributed by atoms with Gasteiger partial charge in [-0.15, -0.1) is 0 Å². The lowest BCUT2D eigenvalue weighted by atomic mass is 10.1. The van der Waals surface area contributed by atoms with Crippen molar-refractivity contribution in [1.29, 1.82) is 0 Å². The third-order valence-corrected chi connectivity index (χ3v) is 4.12. The third-order valence-electron chi connectivity index (χ3n) is 3.23. The molecule has 0 saturated carbocycles. The number of nitrogens with two attached hydrogens (primary N) is 1. The number of hydrogen-bond donors (Lipinski definition) is 2. The van der Waals surface area contributed by atoms with Crippen molar-refractivity contribution in [2.75, 3.05) is 12.8 Å². The van der Waals surface area contributed by atoms with Crippen LogP contribution < -0.4 is 10.5 Å². The fourth-order valence-corrected chi connectivity index (χ4v) is 2.64. The number of nitrogens with zero attached hydrogens (tertiary/aromatic N) is 2. The first-order valence-electron chi connectivity index (χ1n) is 6.51. The molecule has 118 valence electrons. The largest absolute Gasteiger partial charge is 0.496 e. The number of hydrogen-bond acceptors (Lipinski definition) is 4. The van der Waals surface area contributed by atoms with Gasteiger partial charge in [0.25, 0.3) is 0 Å². The fraction of sp³-hybridized carbons (Fsp3) is 0.0667. The maximum Gasteiger partial charge on any atom is 0.185 e. The Labute approximate surface area is 147 Å². The second-order valence-electron chi connectivity index (χ2n) is 4.71. The Balaban J connectivity index is 2.09. The van der Waals surface area contributed by atoms with Crippen LogP contribution in [0.2, 0.25) is 15.1 Å². The molecule has 3 aromatic rings. The number of benzene rings is 2. The van der Waals surface area contributed by atoms with Gasteiger partial charge in [-0.2, -0.15) is 5.10 Å². The molecular formula is C15H11Cl3N4O. The Morgan fingerprint density at radius 3 is 2.57 bits per heavy atom. The average Bonchev–Trinajstić information content (AvgIpc) is 3.01. The van der Waals surface area contributed by atoms with E-state index in [-0.39, 0.29) is 0 Å². The van der Waals surface area contributed by atoms with Crippen molar-refractivity contribution >= 4 is 40.5 Å². The molecule has 0 fully saturated rings. The van der Waals surface area contributed by atoms with Crippen molar-refractivity contribution in [1.82, 2.24) is 15.2 Å². The summed E-state index contributed by atoms with van der Waals surface area (Å²) >= 11 is 18.3. The van der Waals surface area contributed by atoms with E-state index in [1.807, 2.05) is 0 Å². The average molecular weight is 370 g/mol. The van der Waals surface area contributed by atoms with E-state index in [1.165, 1.54) is 7.11 Å². The number of ether oxygens (including phenoxy) is 1. The molecule has 0 aliphatic carbocycles. The Hall–Kier alpha value is -1.95. The lowest BCUT2D eigenvalue weighted by Crippen LogP contribution is -1.94. The molecule has 0 saturated heterocycles. The summed E-state index contributed by atoms with van der Waals surface area (Å²) in [5, 5.41) is 8.50. The van der Waals surface area contributed by atoms with Gasteiger partial charge in [0.15, 0.2) is 11.6 Å². The van der Waals surface area contributed by atoms with Crippen LogP contribution in [0, 0.1) is 0 Å². The summed E-state index contributed by atoms with van der Waals surface area (Å²) in [7, 11) is 1.54. The van der Waals surface area contributed by atoms with Crippen molar-refractivity contribution in [3.8, 4) is 28.5 Å². The van der Waals surface area contributed by atoms with Crippen molar-refractivity contribution in [2.45, 2.75) is 0 Å². The van der Waals surface area contributed by atoms with E-state index in [1.54, 1.807) is 30.3 Å². The molecular weight excluding hydrogens is 359 g/mol. The van der Waals surface area contributed by atoms with Gasteiger partial charge in [-0.3, -0.25) is 5.10 Å². The number of anilines is 1. The van der Waals surface area contributed by atoms with E-state index < -0.39 is 0 Å². The van der Waals surface area contributed by atoms with Crippen LogP contribution in [0.1, 0.15) is 0 Å². The molecule has 5 nitrogen and oxygen atoms in total. The van der Waals surface area contributed by atoms with Crippen LogP contribution in [-0.2, 0) is 0 Å². The van der Waals surface area contributed by atoms with Crippen molar-refractivity contribution in [3.63, 3.8) is 0 Å². The van der Waals surface area contributed by atoms with Gasteiger partial charge < -0.3 is 10.5 Å². The highest BCUT2D eigenvalue weighted by molar-refractivity contribution is 6.35. The molecule has 3 rings (SSSR count). The lowest BCUT2D eigenvalue weighted by Gasteiger charge is -2.08. The van der Waals surface area contributed by atoms with Crippen molar-refractivity contribution < 1.29 is 4.74 Å². The van der Waals surface area contributed by atoms with Gasteiger partial charge in [0, 0.05) is 16.7 Å². The molecule has 1 aromatic heterocycles. The second-order valence-corrected chi connectivity index (χ2v) is 5.96. The molecule has 0 amide bonds. The zero-order chi connectivity index (χ0) is 16.6. The Bertz CT molecular complexity index is 879. The molecule has 0 atom stereocenters. The van der Waals surface area contributed by atoms with E-state index in [2.05, 4.69) is 15.2 Å². The predicted octanol–water partition coefficient (Wildman–Crippen LogP) is 4.69. The van der Waals surface area contributed by atoms with Crippen LogP contribution in [0.5, 0.6) is 5.75 Å². The normalized spacial score (nSPS) is 10.8. The molecule has 3 N–H and O–H groups in total. The molecule has 0 spiro atoms. The molecule has 8 heteroatoms. The summed E-state index contributed by atoms with van der Waals surface area (Å²) in [5.74, 6) is 1.42. The van der Waals surface area contributed by atoms with Gasteiger partial charge in [0.2, 0.25) is 0 Å². The number of aromatic amines is 1. The Morgan fingerprint density at radius 1 is 1.04 bits per heavy atom. The first-order valence-corrected chi connectivity index (χ1v) is 7.64. The summed E-state index contributed by atoms with van der Waals surface area (Å²) in [6.45, 7) is 0. The van der Waals surface area contributed by atoms with Crippen LogP contribution in [0.3, 0.4) is 0 Å². The number of H-pyrrole nitrogens is 1. The highest BCUT2D eigenvalue weighted by Crippen LogP contribution is 2.36. The number of nitrogen functional groups attached to an aromatic ring is 1. The minimum absolute atomic E-state index is 0.396. The molecule has 0 bridgehead atoms. The van der Waals surface area contributed by atoms with E-state index in [4.69, 9.17) is 45.3 Å². The highest BCUT2D eigenvalue weighted by Gasteiger charge is 2.16. The number of aromatic nitrogens is 3. The molecule has 2 aromatic carbocycles. The number of nitrogens with one attached hydrogen (secondary N) is 1. The maximum atomic E-state index is 6.18. The van der Waals surface area contributed by atoms with Crippen molar-refractivity contribution in [2.24, 2.45) is 0 Å². The van der Waals surface area contributed by atoms with Gasteiger partial charge in [0.1, 0.15) is 5.75 Å². The molecule has 23 heavy (non-hydrogen) atoms. The van der Waals surface area contributed by atoms with Crippen LogP contribution in [0.4, 0.5) is 5.69 Å². The molecule has 0 aliphatic rings. The predicted molar refractivity (Wildman–Crippen MR) is 93.2 cm³/mol. The third kappa shape index (κ3) is 3.08. The van der Waals surface area contributed by atoms with E-state index >= 15 is 0 Å². The summed E-state index contributed by atoms with van der Waals surface area (Å²) in [5.41, 5.74) is 7.47. The quantitative estimate of drug-likeness (QED) is 0.657. The number of methoxy groups -OCH3 is 1. The van der Waals surface area contributed by atoms with E-state index in [0.717, 1.165) is 0 Å². The van der Waals surface area contributed by atoms with Crippen LogP contribution >= 0.6 is 34.8 Å². The molecule has 0 radical (unpaired) electrons. The maximum absolute atomic E-state index is 6.18. The molecule has 0 aliphatic heterocycles. The lowest BCUT2D eigenvalue weighted by molar-refractivity contribution is 0.416. The first-order chi connectivity index (χ1) is 11.0. The van der Waals surface area contributed by atoms with Gasteiger partial charge >= 0.3 is 0 Å². The summed E-state index contributed by atoms with van der Waals surface area (Å²) in [6, 6.07) is 8.39. The number of rotatable bonds is 3. The highest BCUT2D eigenvalue weighted by atomic mass is 35.5. The van der Waals surface area contributed by atoms with Gasteiger partial charge in [0.05, 0.1) is 28.4 Å². The van der Waals surface area contributed by atoms with Crippen LogP contribution in [0.15, 0.2) is 30.3 Å². The minimum atomic E-state index is 0.396. The van der Waals surface area contributed by atoms with Gasteiger partial charge in [-0.1, -0.05) is 34.8 Å². The zero-order valence-corrected chi connectivity index (χ0v) is 14.2. The van der Waals surface area contributed by atoms with Crippen molar-refractivity contribution in [3.05, 3.63) is 45.4 Å². The first kappa shape index (κ1) is 15.9. The fourth-order valence-electron chi connectivity index (χ4n) is 2.09. The zero-order valence-electron chi connectivity index (χ0n) is 11.9. The van der Waals surface area contributed by atoms with E-state index in [0.29, 0.717) is 49.3 Å². The monoisotopic (exact) mass is 368 g/mol. The summed E-state index contributed by atoms with van der Waals surface area (Å²) in [4.78, 5) is 4.44. The standard InChI is InChI=1S/C15H11Cl3N4O/c1-23-13-6-12(19)11(18)5-9(13)15-20-14(21-22-15)8-4-7(16)2-3-10(8)17/h2-6H,19H2,1H3,(H,20,21,22). The second kappa shape index (κ2) is 6.28. The Morgan fingerprint density at radius 2 is 1.83 bits per heavy atom. The van der Waals surface area contributed by atoms with Gasteiger partial charge in [-0.05, 0) is 24.3 Å². The van der Waals surface area contributed by atoms with Crippen LogP contribution in [0.25, 0.3) is 22.8 Å². The van der Waals surface area contributed by atoms with E-state index in [9.17, 15) is 0 Å².